The van der Waals surface area contributed by atoms with Gasteiger partial charge in [0.15, 0.2) is 6.61 Å². The zero-order valence-electron chi connectivity index (χ0n) is 13.7. The summed E-state index contributed by atoms with van der Waals surface area (Å²) in [5.41, 5.74) is 1.96. The number of anilines is 1. The fourth-order valence-corrected chi connectivity index (χ4v) is 2.20. The molecule has 126 valence electrons. The SMILES string of the molecule is CC(=O)Nc1ccc(OCC(=O)NCCCc2ccccc2)cc1. The minimum atomic E-state index is -0.144. The number of aryl methyl sites for hydroxylation is 1. The van der Waals surface area contributed by atoms with Gasteiger partial charge in [-0.05, 0) is 42.7 Å². The summed E-state index contributed by atoms with van der Waals surface area (Å²) in [4.78, 5) is 22.7. The third-order valence-corrected chi connectivity index (χ3v) is 3.35. The second kappa shape index (κ2) is 9.35. The lowest BCUT2D eigenvalue weighted by molar-refractivity contribution is -0.123. The first kappa shape index (κ1) is 17.5. The zero-order chi connectivity index (χ0) is 17.2. The molecule has 0 saturated carbocycles. The number of hydrogen-bond acceptors (Lipinski definition) is 3. The Morgan fingerprint density at radius 3 is 2.38 bits per heavy atom. The summed E-state index contributed by atoms with van der Waals surface area (Å²) in [5, 5.41) is 5.51. The van der Waals surface area contributed by atoms with Gasteiger partial charge < -0.3 is 15.4 Å². The number of ether oxygens (including phenoxy) is 1. The van der Waals surface area contributed by atoms with Crippen LogP contribution in [0.2, 0.25) is 0 Å². The van der Waals surface area contributed by atoms with E-state index in [0.29, 0.717) is 18.0 Å². The van der Waals surface area contributed by atoms with E-state index in [0.717, 1.165) is 12.8 Å². The monoisotopic (exact) mass is 326 g/mol. The van der Waals surface area contributed by atoms with E-state index >= 15 is 0 Å². The van der Waals surface area contributed by atoms with Gasteiger partial charge in [-0.15, -0.1) is 0 Å². The highest BCUT2D eigenvalue weighted by Crippen LogP contribution is 2.15. The normalized spacial score (nSPS) is 10.0. The molecular weight excluding hydrogens is 304 g/mol. The van der Waals surface area contributed by atoms with E-state index in [9.17, 15) is 9.59 Å². The first-order valence-corrected chi connectivity index (χ1v) is 7.94. The first-order chi connectivity index (χ1) is 11.6. The van der Waals surface area contributed by atoms with Crippen molar-refractivity contribution < 1.29 is 14.3 Å². The molecule has 0 radical (unpaired) electrons. The molecule has 24 heavy (non-hydrogen) atoms. The lowest BCUT2D eigenvalue weighted by Gasteiger charge is -2.08. The molecular formula is C19H22N2O3. The zero-order valence-corrected chi connectivity index (χ0v) is 13.7. The number of carbonyl (C=O) groups is 2. The van der Waals surface area contributed by atoms with Crippen molar-refractivity contribution in [1.82, 2.24) is 5.32 Å². The number of benzene rings is 2. The van der Waals surface area contributed by atoms with Crippen LogP contribution in [-0.2, 0) is 16.0 Å². The van der Waals surface area contributed by atoms with Crippen LogP contribution in [0.4, 0.5) is 5.69 Å². The highest BCUT2D eigenvalue weighted by atomic mass is 16.5. The molecule has 2 aromatic rings. The molecule has 0 unspecified atom stereocenters. The largest absolute Gasteiger partial charge is 0.484 e. The van der Waals surface area contributed by atoms with Crippen LogP contribution < -0.4 is 15.4 Å². The molecule has 0 spiro atoms. The lowest BCUT2D eigenvalue weighted by Crippen LogP contribution is -2.29. The van der Waals surface area contributed by atoms with Gasteiger partial charge in [-0.2, -0.15) is 0 Å². The molecule has 5 heteroatoms. The number of nitrogens with one attached hydrogen (secondary N) is 2. The Kier molecular flexibility index (Phi) is 6.83. The molecule has 0 aliphatic heterocycles. The molecule has 0 bridgehead atoms. The van der Waals surface area contributed by atoms with Crippen LogP contribution in [0.5, 0.6) is 5.75 Å². The molecule has 0 saturated heterocycles. The number of carbonyl (C=O) groups excluding carboxylic acids is 2. The minimum Gasteiger partial charge on any atom is -0.484 e. The number of amides is 2. The Morgan fingerprint density at radius 1 is 1.00 bits per heavy atom. The fourth-order valence-electron chi connectivity index (χ4n) is 2.20. The Labute approximate surface area is 142 Å². The highest BCUT2D eigenvalue weighted by Gasteiger charge is 2.03. The number of hydrogen-bond donors (Lipinski definition) is 2. The smallest absolute Gasteiger partial charge is 0.257 e. The minimum absolute atomic E-state index is 0.0230. The standard InChI is InChI=1S/C19H22N2O3/c1-15(22)21-17-9-11-18(12-10-17)24-14-19(23)20-13-5-8-16-6-3-2-4-7-16/h2-4,6-7,9-12H,5,8,13-14H2,1H3,(H,20,23)(H,21,22). The first-order valence-electron chi connectivity index (χ1n) is 7.94. The second-order valence-corrected chi connectivity index (χ2v) is 5.43. The Bertz CT molecular complexity index is 654. The van der Waals surface area contributed by atoms with Crippen LogP contribution in [0, 0.1) is 0 Å². The van der Waals surface area contributed by atoms with E-state index in [1.807, 2.05) is 18.2 Å². The van der Waals surface area contributed by atoms with Crippen molar-refractivity contribution in [2.75, 3.05) is 18.5 Å². The van der Waals surface area contributed by atoms with Crippen molar-refractivity contribution in [3.8, 4) is 5.75 Å². The van der Waals surface area contributed by atoms with Crippen molar-refractivity contribution >= 4 is 17.5 Å². The van der Waals surface area contributed by atoms with Gasteiger partial charge in [0, 0.05) is 19.2 Å². The summed E-state index contributed by atoms with van der Waals surface area (Å²) in [6.45, 7) is 2.05. The molecule has 2 rings (SSSR count). The molecule has 0 fully saturated rings. The van der Waals surface area contributed by atoms with Crippen LogP contribution in [0.25, 0.3) is 0 Å². The van der Waals surface area contributed by atoms with Crippen LogP contribution in [0.3, 0.4) is 0 Å². The third kappa shape index (κ3) is 6.52. The quantitative estimate of drug-likeness (QED) is 0.733. The molecule has 5 nitrogen and oxygen atoms in total. The molecule has 0 atom stereocenters. The summed E-state index contributed by atoms with van der Waals surface area (Å²) >= 11 is 0. The highest BCUT2D eigenvalue weighted by molar-refractivity contribution is 5.88. The third-order valence-electron chi connectivity index (χ3n) is 3.35. The second-order valence-electron chi connectivity index (χ2n) is 5.43. The van der Waals surface area contributed by atoms with Crippen molar-refractivity contribution in [1.29, 1.82) is 0 Å². The molecule has 2 N–H and O–H groups in total. The maximum atomic E-state index is 11.7. The fraction of sp³-hybridized carbons (Fsp3) is 0.263. The molecule has 0 aliphatic carbocycles. The number of rotatable bonds is 8. The van der Waals surface area contributed by atoms with Crippen molar-refractivity contribution in [3.63, 3.8) is 0 Å². The molecule has 0 aromatic heterocycles. The summed E-state index contributed by atoms with van der Waals surface area (Å²) < 4.78 is 5.42. The van der Waals surface area contributed by atoms with E-state index < -0.39 is 0 Å². The summed E-state index contributed by atoms with van der Waals surface area (Å²) in [7, 11) is 0. The van der Waals surface area contributed by atoms with Gasteiger partial charge in [0.2, 0.25) is 5.91 Å². The van der Waals surface area contributed by atoms with Gasteiger partial charge >= 0.3 is 0 Å². The van der Waals surface area contributed by atoms with E-state index in [4.69, 9.17) is 4.74 Å². The summed E-state index contributed by atoms with van der Waals surface area (Å²) in [6, 6.07) is 17.1. The van der Waals surface area contributed by atoms with Gasteiger partial charge in [0.1, 0.15) is 5.75 Å². The maximum absolute atomic E-state index is 11.7. The maximum Gasteiger partial charge on any atom is 0.257 e. The van der Waals surface area contributed by atoms with Crippen LogP contribution >= 0.6 is 0 Å². The lowest BCUT2D eigenvalue weighted by atomic mass is 10.1. The molecule has 0 heterocycles. The Morgan fingerprint density at radius 2 is 1.71 bits per heavy atom. The van der Waals surface area contributed by atoms with Gasteiger partial charge in [-0.25, -0.2) is 0 Å². The predicted molar refractivity (Wildman–Crippen MR) is 94.0 cm³/mol. The topological polar surface area (TPSA) is 67.4 Å². The van der Waals surface area contributed by atoms with Crippen molar-refractivity contribution in [2.24, 2.45) is 0 Å². The van der Waals surface area contributed by atoms with Crippen LogP contribution in [0.15, 0.2) is 54.6 Å². The Balaban J connectivity index is 1.63. The van der Waals surface area contributed by atoms with Gasteiger partial charge in [-0.1, -0.05) is 30.3 Å². The van der Waals surface area contributed by atoms with Gasteiger partial charge in [-0.3, -0.25) is 9.59 Å². The van der Waals surface area contributed by atoms with Crippen molar-refractivity contribution in [3.05, 3.63) is 60.2 Å². The van der Waals surface area contributed by atoms with E-state index in [2.05, 4.69) is 22.8 Å². The van der Waals surface area contributed by atoms with Crippen LogP contribution in [0.1, 0.15) is 18.9 Å². The average Bonchev–Trinajstić information content (AvgIpc) is 2.58. The van der Waals surface area contributed by atoms with E-state index in [-0.39, 0.29) is 18.4 Å². The predicted octanol–water partition coefficient (Wildman–Crippen LogP) is 2.77. The molecule has 2 aromatic carbocycles. The van der Waals surface area contributed by atoms with Crippen molar-refractivity contribution in [2.45, 2.75) is 19.8 Å². The summed E-state index contributed by atoms with van der Waals surface area (Å²) in [6.07, 6.45) is 1.83. The molecule has 2 amide bonds. The Hall–Kier alpha value is -2.82. The van der Waals surface area contributed by atoms with Gasteiger partial charge in [0.25, 0.3) is 5.91 Å². The summed E-state index contributed by atoms with van der Waals surface area (Å²) in [5.74, 6) is 0.316. The van der Waals surface area contributed by atoms with E-state index in [1.54, 1.807) is 24.3 Å². The van der Waals surface area contributed by atoms with Crippen LogP contribution in [-0.4, -0.2) is 25.0 Å². The van der Waals surface area contributed by atoms with E-state index in [1.165, 1.54) is 12.5 Å². The van der Waals surface area contributed by atoms with Gasteiger partial charge in [0.05, 0.1) is 0 Å². The average molecular weight is 326 g/mol. The molecule has 0 aliphatic rings.